The minimum atomic E-state index is 0.508. The smallest absolute Gasteiger partial charge is 0.142 e. The van der Waals surface area contributed by atoms with Crippen LogP contribution in [0.25, 0.3) is 0 Å². The highest BCUT2D eigenvalue weighted by Crippen LogP contribution is 2.18. The van der Waals surface area contributed by atoms with Crippen molar-refractivity contribution in [2.24, 2.45) is 5.73 Å². The Morgan fingerprint density at radius 2 is 2.21 bits per heavy atom. The topological polar surface area (TPSA) is 48.1 Å². The minimum Gasteiger partial charge on any atom is -0.492 e. The quantitative estimate of drug-likeness (QED) is 0.778. The Kier molecular flexibility index (Phi) is 4.40. The monoisotopic (exact) mass is 194 g/mol. The molecule has 1 aromatic rings. The van der Waals surface area contributed by atoms with Crippen molar-refractivity contribution < 1.29 is 4.74 Å². The molecule has 3 heteroatoms. The van der Waals surface area contributed by atoms with Crippen molar-refractivity contribution in [3.63, 3.8) is 0 Å². The fourth-order valence-electron chi connectivity index (χ4n) is 1.37. The summed E-state index contributed by atoms with van der Waals surface area (Å²) in [4.78, 5) is 4.32. The Morgan fingerprint density at radius 1 is 1.43 bits per heavy atom. The van der Waals surface area contributed by atoms with Crippen molar-refractivity contribution in [2.75, 3.05) is 6.61 Å². The van der Waals surface area contributed by atoms with E-state index in [-0.39, 0.29) is 0 Å². The van der Waals surface area contributed by atoms with Crippen LogP contribution in [-0.4, -0.2) is 11.6 Å². The van der Waals surface area contributed by atoms with Gasteiger partial charge in [0.05, 0.1) is 12.8 Å². The predicted octanol–water partition coefficient (Wildman–Crippen LogP) is 1.89. The van der Waals surface area contributed by atoms with Gasteiger partial charge >= 0.3 is 0 Å². The molecule has 3 nitrogen and oxygen atoms in total. The third-order valence-electron chi connectivity index (χ3n) is 2.03. The first-order chi connectivity index (χ1) is 6.81. The van der Waals surface area contributed by atoms with E-state index in [2.05, 4.69) is 11.9 Å². The van der Waals surface area contributed by atoms with E-state index in [1.54, 1.807) is 6.20 Å². The molecular formula is C11H18N2O. The molecule has 1 heterocycles. The lowest BCUT2D eigenvalue weighted by molar-refractivity contribution is 0.335. The van der Waals surface area contributed by atoms with Gasteiger partial charge in [0.2, 0.25) is 0 Å². The Bertz CT molecular complexity index is 287. The number of ether oxygens (including phenoxy) is 1. The molecule has 14 heavy (non-hydrogen) atoms. The molecule has 0 spiro atoms. The highest BCUT2D eigenvalue weighted by atomic mass is 16.5. The van der Waals surface area contributed by atoms with Crippen LogP contribution in [0.5, 0.6) is 5.75 Å². The summed E-state index contributed by atoms with van der Waals surface area (Å²) in [6, 6.07) is 2.04. The van der Waals surface area contributed by atoms with Gasteiger partial charge in [-0.25, -0.2) is 0 Å². The zero-order valence-corrected chi connectivity index (χ0v) is 8.92. The average molecular weight is 194 g/mol. The third kappa shape index (κ3) is 2.70. The molecule has 0 bridgehead atoms. The number of nitrogens with two attached hydrogens (primary N) is 1. The van der Waals surface area contributed by atoms with Gasteiger partial charge in [-0.3, -0.25) is 4.98 Å². The molecule has 0 aliphatic heterocycles. The van der Waals surface area contributed by atoms with Crippen LogP contribution in [0.15, 0.2) is 12.3 Å². The maximum atomic E-state index is 5.64. The second-order valence-electron chi connectivity index (χ2n) is 3.17. The van der Waals surface area contributed by atoms with Gasteiger partial charge in [0.1, 0.15) is 5.75 Å². The second-order valence-corrected chi connectivity index (χ2v) is 3.17. The van der Waals surface area contributed by atoms with Crippen molar-refractivity contribution in [1.29, 1.82) is 0 Å². The van der Waals surface area contributed by atoms with E-state index in [4.69, 9.17) is 10.5 Å². The standard InChI is InChI=1S/C11H18N2O/c1-3-5-10-6-9(7-12)11(8-13-10)14-4-2/h6,8H,3-5,7,12H2,1-2H3. The highest BCUT2D eigenvalue weighted by Gasteiger charge is 2.03. The molecule has 0 aliphatic carbocycles. The second kappa shape index (κ2) is 5.60. The largest absolute Gasteiger partial charge is 0.492 e. The van der Waals surface area contributed by atoms with Gasteiger partial charge in [0, 0.05) is 17.8 Å². The van der Waals surface area contributed by atoms with Gasteiger partial charge in [0.15, 0.2) is 0 Å². The zero-order valence-electron chi connectivity index (χ0n) is 8.92. The lowest BCUT2D eigenvalue weighted by atomic mass is 10.1. The lowest BCUT2D eigenvalue weighted by Crippen LogP contribution is -2.04. The van der Waals surface area contributed by atoms with Crippen LogP contribution < -0.4 is 10.5 Å². The average Bonchev–Trinajstić information content (AvgIpc) is 2.21. The van der Waals surface area contributed by atoms with Crippen molar-refractivity contribution in [3.8, 4) is 5.75 Å². The van der Waals surface area contributed by atoms with Crippen LogP contribution in [0.1, 0.15) is 31.5 Å². The Balaban J connectivity index is 2.87. The van der Waals surface area contributed by atoms with E-state index < -0.39 is 0 Å². The van der Waals surface area contributed by atoms with Crippen molar-refractivity contribution in [1.82, 2.24) is 4.98 Å². The first-order valence-electron chi connectivity index (χ1n) is 5.12. The van der Waals surface area contributed by atoms with E-state index in [0.29, 0.717) is 13.2 Å². The maximum Gasteiger partial charge on any atom is 0.142 e. The molecule has 0 unspecified atom stereocenters. The molecule has 2 N–H and O–H groups in total. The Labute approximate surface area is 85.3 Å². The summed E-state index contributed by atoms with van der Waals surface area (Å²) in [7, 11) is 0. The van der Waals surface area contributed by atoms with Gasteiger partial charge in [-0.1, -0.05) is 13.3 Å². The number of pyridine rings is 1. The third-order valence-corrected chi connectivity index (χ3v) is 2.03. The molecule has 78 valence electrons. The predicted molar refractivity (Wildman–Crippen MR) is 57.3 cm³/mol. The molecule has 0 aliphatic rings. The van der Waals surface area contributed by atoms with Crippen LogP contribution in [0.3, 0.4) is 0 Å². The van der Waals surface area contributed by atoms with E-state index >= 15 is 0 Å². The highest BCUT2D eigenvalue weighted by molar-refractivity contribution is 5.32. The first kappa shape index (κ1) is 11.0. The number of hydrogen-bond donors (Lipinski definition) is 1. The molecule has 0 atom stereocenters. The summed E-state index contributed by atoms with van der Waals surface area (Å²) >= 11 is 0. The molecule has 1 rings (SSSR count). The van der Waals surface area contributed by atoms with Gasteiger partial charge in [-0.2, -0.15) is 0 Å². The molecule has 0 saturated heterocycles. The van der Waals surface area contributed by atoms with Crippen molar-refractivity contribution in [3.05, 3.63) is 23.5 Å². The number of aryl methyl sites for hydroxylation is 1. The van der Waals surface area contributed by atoms with Crippen LogP contribution >= 0.6 is 0 Å². The normalized spacial score (nSPS) is 10.2. The number of hydrogen-bond acceptors (Lipinski definition) is 3. The number of nitrogens with zero attached hydrogens (tertiary/aromatic N) is 1. The summed E-state index contributed by atoms with van der Waals surface area (Å²) in [6.07, 6.45) is 3.88. The number of rotatable bonds is 5. The fourth-order valence-corrected chi connectivity index (χ4v) is 1.37. The molecule has 0 aromatic carbocycles. The van der Waals surface area contributed by atoms with Gasteiger partial charge in [-0.15, -0.1) is 0 Å². The van der Waals surface area contributed by atoms with Crippen LogP contribution in [0.2, 0.25) is 0 Å². The van der Waals surface area contributed by atoms with Crippen molar-refractivity contribution >= 4 is 0 Å². The molecule has 0 radical (unpaired) electrons. The van der Waals surface area contributed by atoms with Crippen LogP contribution in [-0.2, 0) is 13.0 Å². The van der Waals surface area contributed by atoms with Crippen LogP contribution in [0.4, 0.5) is 0 Å². The van der Waals surface area contributed by atoms with Gasteiger partial charge in [-0.05, 0) is 19.4 Å². The number of aromatic nitrogens is 1. The summed E-state index contributed by atoms with van der Waals surface area (Å²) in [5, 5.41) is 0. The molecule has 0 amide bonds. The molecule has 1 aromatic heterocycles. The first-order valence-corrected chi connectivity index (χ1v) is 5.12. The molecule has 0 fully saturated rings. The van der Waals surface area contributed by atoms with E-state index in [9.17, 15) is 0 Å². The van der Waals surface area contributed by atoms with E-state index in [1.165, 1.54) is 0 Å². The summed E-state index contributed by atoms with van der Waals surface area (Å²) in [6.45, 7) is 5.26. The molecular weight excluding hydrogens is 176 g/mol. The SMILES string of the molecule is CCCc1cc(CN)c(OCC)cn1. The maximum absolute atomic E-state index is 5.64. The Morgan fingerprint density at radius 3 is 2.79 bits per heavy atom. The van der Waals surface area contributed by atoms with E-state index in [1.807, 2.05) is 13.0 Å². The van der Waals surface area contributed by atoms with Crippen molar-refractivity contribution in [2.45, 2.75) is 33.2 Å². The summed E-state index contributed by atoms with van der Waals surface area (Å²) in [5.74, 6) is 0.815. The summed E-state index contributed by atoms with van der Waals surface area (Å²) < 4.78 is 5.42. The minimum absolute atomic E-state index is 0.508. The lowest BCUT2D eigenvalue weighted by Gasteiger charge is -2.09. The molecule has 0 saturated carbocycles. The Hall–Kier alpha value is -1.09. The summed E-state index contributed by atoms with van der Waals surface area (Å²) in [5.41, 5.74) is 7.78. The van der Waals surface area contributed by atoms with Gasteiger partial charge in [0.25, 0.3) is 0 Å². The zero-order chi connectivity index (χ0) is 10.4. The fraction of sp³-hybridized carbons (Fsp3) is 0.545. The van der Waals surface area contributed by atoms with Gasteiger partial charge < -0.3 is 10.5 Å². The van der Waals surface area contributed by atoms with Crippen LogP contribution in [0, 0.1) is 0 Å². The van der Waals surface area contributed by atoms with E-state index in [0.717, 1.165) is 29.8 Å².